The third-order valence-corrected chi connectivity index (χ3v) is 3.48. The summed E-state index contributed by atoms with van der Waals surface area (Å²) in [6, 6.07) is 6.09. The Morgan fingerprint density at radius 3 is 2.86 bits per heavy atom. The van der Waals surface area contributed by atoms with E-state index in [4.69, 9.17) is 16.7 Å². The van der Waals surface area contributed by atoms with E-state index in [2.05, 4.69) is 27.9 Å². The molecule has 0 saturated heterocycles. The summed E-state index contributed by atoms with van der Waals surface area (Å²) in [5.74, 6) is 0. The third kappa shape index (κ3) is 3.73. The Bertz CT molecular complexity index is 306. The standard InChI is InChI=1S/C10H13ClINO/c1-7(6-14)13-5-8-2-3-10(12)9(11)4-8/h2-4,7,13-14H,5-6H2,1H3. The highest BCUT2D eigenvalue weighted by molar-refractivity contribution is 14.1. The second-order valence-electron chi connectivity index (χ2n) is 3.21. The van der Waals surface area contributed by atoms with E-state index < -0.39 is 0 Å². The molecule has 0 aliphatic heterocycles. The number of aliphatic hydroxyl groups excluding tert-OH is 1. The lowest BCUT2D eigenvalue weighted by atomic mass is 10.2. The van der Waals surface area contributed by atoms with Gasteiger partial charge < -0.3 is 10.4 Å². The van der Waals surface area contributed by atoms with E-state index in [9.17, 15) is 0 Å². The van der Waals surface area contributed by atoms with Crippen LogP contribution >= 0.6 is 34.2 Å². The average Bonchev–Trinajstić information content (AvgIpc) is 2.19. The van der Waals surface area contributed by atoms with Gasteiger partial charge in [0.15, 0.2) is 0 Å². The fourth-order valence-electron chi connectivity index (χ4n) is 1.01. The number of nitrogens with one attached hydrogen (secondary N) is 1. The predicted molar refractivity (Wildman–Crippen MR) is 67.6 cm³/mol. The zero-order valence-electron chi connectivity index (χ0n) is 7.93. The van der Waals surface area contributed by atoms with Crippen LogP contribution in [-0.2, 0) is 6.54 Å². The van der Waals surface area contributed by atoms with Crippen LogP contribution in [0.3, 0.4) is 0 Å². The molecule has 1 aromatic carbocycles. The first kappa shape index (κ1) is 12.2. The second kappa shape index (κ2) is 5.90. The minimum Gasteiger partial charge on any atom is -0.395 e. The van der Waals surface area contributed by atoms with Gasteiger partial charge in [0, 0.05) is 16.2 Å². The van der Waals surface area contributed by atoms with E-state index in [1.54, 1.807) is 0 Å². The summed E-state index contributed by atoms with van der Waals surface area (Å²) >= 11 is 8.18. The molecule has 0 fully saturated rings. The zero-order chi connectivity index (χ0) is 10.6. The van der Waals surface area contributed by atoms with Crippen LogP contribution in [0.25, 0.3) is 0 Å². The summed E-state index contributed by atoms with van der Waals surface area (Å²) < 4.78 is 1.06. The maximum atomic E-state index is 8.82. The first-order chi connectivity index (χ1) is 6.63. The first-order valence-corrected chi connectivity index (χ1v) is 5.87. The van der Waals surface area contributed by atoms with Gasteiger partial charge in [-0.15, -0.1) is 0 Å². The molecule has 2 nitrogen and oxygen atoms in total. The van der Waals surface area contributed by atoms with Crippen LogP contribution in [-0.4, -0.2) is 17.8 Å². The molecule has 78 valence electrons. The van der Waals surface area contributed by atoms with Gasteiger partial charge in [-0.25, -0.2) is 0 Å². The van der Waals surface area contributed by atoms with Gasteiger partial charge in [-0.05, 0) is 47.2 Å². The molecular formula is C10H13ClINO. The van der Waals surface area contributed by atoms with Gasteiger partial charge in [0.2, 0.25) is 0 Å². The van der Waals surface area contributed by atoms with E-state index in [0.29, 0.717) is 0 Å². The third-order valence-electron chi connectivity index (χ3n) is 1.91. The average molecular weight is 326 g/mol. The van der Waals surface area contributed by atoms with Gasteiger partial charge in [-0.3, -0.25) is 0 Å². The molecule has 1 unspecified atom stereocenters. The van der Waals surface area contributed by atoms with Crippen LogP contribution < -0.4 is 5.32 Å². The maximum absolute atomic E-state index is 8.82. The number of rotatable bonds is 4. The molecule has 0 spiro atoms. The summed E-state index contributed by atoms with van der Waals surface area (Å²) in [5, 5.41) is 12.8. The number of halogens is 2. The van der Waals surface area contributed by atoms with Crippen molar-refractivity contribution in [1.29, 1.82) is 0 Å². The maximum Gasteiger partial charge on any atom is 0.0582 e. The predicted octanol–water partition coefficient (Wildman–Crippen LogP) is 2.42. The van der Waals surface area contributed by atoms with Crippen molar-refractivity contribution >= 4 is 34.2 Å². The molecule has 0 bridgehead atoms. The molecule has 0 aromatic heterocycles. The molecular weight excluding hydrogens is 312 g/mol. The van der Waals surface area contributed by atoms with Crippen molar-refractivity contribution in [3.05, 3.63) is 32.4 Å². The van der Waals surface area contributed by atoms with Crippen molar-refractivity contribution in [2.75, 3.05) is 6.61 Å². The second-order valence-corrected chi connectivity index (χ2v) is 4.78. The molecule has 0 aliphatic carbocycles. The van der Waals surface area contributed by atoms with Crippen LogP contribution in [0.15, 0.2) is 18.2 Å². The summed E-state index contributed by atoms with van der Waals surface area (Å²) in [7, 11) is 0. The molecule has 0 saturated carbocycles. The monoisotopic (exact) mass is 325 g/mol. The van der Waals surface area contributed by atoms with E-state index in [1.807, 2.05) is 25.1 Å². The van der Waals surface area contributed by atoms with Gasteiger partial charge >= 0.3 is 0 Å². The van der Waals surface area contributed by atoms with E-state index in [1.165, 1.54) is 0 Å². The SMILES string of the molecule is CC(CO)NCc1ccc(I)c(Cl)c1. The van der Waals surface area contributed by atoms with Crippen molar-refractivity contribution < 1.29 is 5.11 Å². The summed E-state index contributed by atoms with van der Waals surface area (Å²) in [6.45, 7) is 2.82. The quantitative estimate of drug-likeness (QED) is 0.833. The van der Waals surface area contributed by atoms with Crippen molar-refractivity contribution in [3.63, 3.8) is 0 Å². The van der Waals surface area contributed by atoms with Gasteiger partial charge in [0.1, 0.15) is 0 Å². The highest BCUT2D eigenvalue weighted by atomic mass is 127. The Morgan fingerprint density at radius 2 is 2.29 bits per heavy atom. The number of hydrogen-bond acceptors (Lipinski definition) is 2. The Morgan fingerprint density at radius 1 is 1.57 bits per heavy atom. The minimum atomic E-state index is 0.119. The van der Waals surface area contributed by atoms with Crippen molar-refractivity contribution in [3.8, 4) is 0 Å². The number of aliphatic hydroxyl groups is 1. The molecule has 1 atom stereocenters. The smallest absolute Gasteiger partial charge is 0.0582 e. The van der Waals surface area contributed by atoms with Gasteiger partial charge in [0.05, 0.1) is 11.6 Å². The molecule has 1 aromatic rings. The first-order valence-electron chi connectivity index (χ1n) is 4.41. The van der Waals surface area contributed by atoms with Gasteiger partial charge in [-0.1, -0.05) is 17.7 Å². The number of hydrogen-bond donors (Lipinski definition) is 2. The van der Waals surface area contributed by atoms with Crippen LogP contribution in [0, 0.1) is 3.57 Å². The summed E-state index contributed by atoms with van der Waals surface area (Å²) in [5.41, 5.74) is 1.13. The normalized spacial score (nSPS) is 12.9. The van der Waals surface area contributed by atoms with Crippen molar-refractivity contribution in [2.24, 2.45) is 0 Å². The fraction of sp³-hybridized carbons (Fsp3) is 0.400. The van der Waals surface area contributed by atoms with Gasteiger partial charge in [-0.2, -0.15) is 0 Å². The van der Waals surface area contributed by atoms with Crippen LogP contribution in [0.4, 0.5) is 0 Å². The van der Waals surface area contributed by atoms with Crippen LogP contribution in [0.2, 0.25) is 5.02 Å². The van der Waals surface area contributed by atoms with E-state index >= 15 is 0 Å². The molecule has 0 aliphatic rings. The minimum absolute atomic E-state index is 0.119. The molecule has 4 heteroatoms. The highest BCUT2D eigenvalue weighted by Crippen LogP contribution is 2.19. The Hall–Kier alpha value is 0.160. The van der Waals surface area contributed by atoms with Crippen LogP contribution in [0.1, 0.15) is 12.5 Å². The van der Waals surface area contributed by atoms with E-state index in [-0.39, 0.29) is 12.6 Å². The van der Waals surface area contributed by atoms with Crippen molar-refractivity contribution in [1.82, 2.24) is 5.32 Å². The zero-order valence-corrected chi connectivity index (χ0v) is 10.8. The molecule has 0 heterocycles. The largest absolute Gasteiger partial charge is 0.395 e. The molecule has 1 rings (SSSR count). The Kier molecular flexibility index (Phi) is 5.15. The molecule has 2 N–H and O–H groups in total. The highest BCUT2D eigenvalue weighted by Gasteiger charge is 2.01. The lowest BCUT2D eigenvalue weighted by Gasteiger charge is -2.10. The molecule has 0 radical (unpaired) electrons. The lowest BCUT2D eigenvalue weighted by Crippen LogP contribution is -2.28. The topological polar surface area (TPSA) is 32.3 Å². The Labute approximate surface area is 103 Å². The Balaban J connectivity index is 2.55. The summed E-state index contributed by atoms with van der Waals surface area (Å²) in [6.07, 6.45) is 0. The molecule has 0 amide bonds. The fourth-order valence-corrected chi connectivity index (χ4v) is 1.54. The lowest BCUT2D eigenvalue weighted by molar-refractivity contribution is 0.251. The van der Waals surface area contributed by atoms with Crippen LogP contribution in [0.5, 0.6) is 0 Å². The summed E-state index contributed by atoms with van der Waals surface area (Å²) in [4.78, 5) is 0. The van der Waals surface area contributed by atoms with E-state index in [0.717, 1.165) is 20.7 Å². The number of benzene rings is 1. The van der Waals surface area contributed by atoms with Crippen molar-refractivity contribution in [2.45, 2.75) is 19.5 Å². The molecule has 14 heavy (non-hydrogen) atoms. The van der Waals surface area contributed by atoms with Gasteiger partial charge in [0.25, 0.3) is 0 Å².